The van der Waals surface area contributed by atoms with Crippen molar-refractivity contribution in [1.82, 2.24) is 10.2 Å². The zero-order chi connectivity index (χ0) is 16.9. The summed E-state index contributed by atoms with van der Waals surface area (Å²) >= 11 is 0. The van der Waals surface area contributed by atoms with Crippen LogP contribution in [0.2, 0.25) is 0 Å². The summed E-state index contributed by atoms with van der Waals surface area (Å²) < 4.78 is 5.41. The van der Waals surface area contributed by atoms with Crippen LogP contribution in [0.3, 0.4) is 0 Å². The van der Waals surface area contributed by atoms with E-state index >= 15 is 0 Å². The summed E-state index contributed by atoms with van der Waals surface area (Å²) in [4.78, 5) is 24.9. The van der Waals surface area contributed by atoms with Gasteiger partial charge in [0.2, 0.25) is 0 Å². The minimum atomic E-state index is -0.846. The number of aliphatic carboxylic acids is 1. The number of carboxylic acid groups (broad SMARTS) is 1. The quantitative estimate of drug-likeness (QED) is 0.538. The molecule has 0 saturated carbocycles. The highest BCUT2D eigenvalue weighted by Crippen LogP contribution is 2.13. The maximum absolute atomic E-state index is 11.9. The molecule has 23 heavy (non-hydrogen) atoms. The number of nitrogens with zero attached hydrogens (tertiary/aromatic N) is 1. The van der Waals surface area contributed by atoms with Crippen molar-refractivity contribution in [3.63, 3.8) is 0 Å². The van der Waals surface area contributed by atoms with Gasteiger partial charge in [0.05, 0.1) is 0 Å². The molecule has 0 radical (unpaired) electrons. The molecule has 1 aliphatic rings. The van der Waals surface area contributed by atoms with Gasteiger partial charge in [0, 0.05) is 19.5 Å². The second-order valence-electron chi connectivity index (χ2n) is 6.28. The maximum Gasteiger partial charge on any atom is 0.407 e. The molecule has 1 saturated heterocycles. The summed E-state index contributed by atoms with van der Waals surface area (Å²) in [6, 6.07) is 0. The topological polar surface area (TPSA) is 78.9 Å². The van der Waals surface area contributed by atoms with Gasteiger partial charge in [-0.1, -0.05) is 26.2 Å². The van der Waals surface area contributed by atoms with E-state index in [2.05, 4.69) is 17.1 Å². The van der Waals surface area contributed by atoms with Crippen molar-refractivity contribution in [1.29, 1.82) is 0 Å². The van der Waals surface area contributed by atoms with Crippen LogP contribution in [0.15, 0.2) is 0 Å². The summed E-state index contributed by atoms with van der Waals surface area (Å²) in [5, 5.41) is 11.6. The number of carbonyl (C=O) groups is 2. The Kier molecular flexibility index (Phi) is 10.4. The molecule has 1 fully saturated rings. The number of ether oxygens (including phenoxy) is 1. The third kappa shape index (κ3) is 10.2. The minimum Gasteiger partial charge on any atom is -0.481 e. The fourth-order valence-corrected chi connectivity index (χ4v) is 2.86. The molecule has 2 N–H and O–H groups in total. The minimum absolute atomic E-state index is 0.0412. The molecular weight excluding hydrogens is 296 g/mol. The molecule has 1 amide bonds. The molecule has 0 aromatic heterocycles. The van der Waals surface area contributed by atoms with Crippen molar-refractivity contribution < 1.29 is 19.4 Å². The Morgan fingerprint density at radius 1 is 1.17 bits per heavy atom. The Morgan fingerprint density at radius 3 is 2.57 bits per heavy atom. The van der Waals surface area contributed by atoms with Crippen LogP contribution in [0.25, 0.3) is 0 Å². The fraction of sp³-hybridized carbons (Fsp3) is 0.882. The first kappa shape index (κ1) is 19.7. The molecule has 134 valence electrons. The van der Waals surface area contributed by atoms with Crippen LogP contribution in [-0.2, 0) is 9.53 Å². The monoisotopic (exact) mass is 328 g/mol. The Hall–Kier alpha value is -1.30. The number of alkyl carbamates (subject to hydrolysis) is 1. The number of hydrogen-bond donors (Lipinski definition) is 2. The maximum atomic E-state index is 11.9. The molecule has 1 atom stereocenters. The van der Waals surface area contributed by atoms with E-state index in [1.54, 1.807) is 0 Å². The lowest BCUT2D eigenvalue weighted by Gasteiger charge is -2.19. The van der Waals surface area contributed by atoms with Gasteiger partial charge in [-0.3, -0.25) is 4.79 Å². The lowest BCUT2D eigenvalue weighted by atomic mass is 10.1. The van der Waals surface area contributed by atoms with E-state index in [0.717, 1.165) is 51.7 Å². The third-order valence-corrected chi connectivity index (χ3v) is 4.23. The van der Waals surface area contributed by atoms with Crippen LogP contribution in [0.4, 0.5) is 4.79 Å². The highest BCUT2D eigenvalue weighted by molar-refractivity contribution is 5.68. The lowest BCUT2D eigenvalue weighted by Crippen LogP contribution is -2.35. The van der Waals surface area contributed by atoms with Gasteiger partial charge in [0.25, 0.3) is 0 Å². The van der Waals surface area contributed by atoms with Gasteiger partial charge in [0.15, 0.2) is 0 Å². The second kappa shape index (κ2) is 12.2. The highest BCUT2D eigenvalue weighted by atomic mass is 16.6. The van der Waals surface area contributed by atoms with Crippen molar-refractivity contribution in [2.45, 2.75) is 70.8 Å². The lowest BCUT2D eigenvalue weighted by molar-refractivity contribution is -0.137. The molecule has 1 aliphatic heterocycles. The average Bonchev–Trinajstić information content (AvgIpc) is 3.02. The Morgan fingerprint density at radius 2 is 1.91 bits per heavy atom. The number of carboxylic acids is 1. The smallest absolute Gasteiger partial charge is 0.407 e. The summed E-state index contributed by atoms with van der Waals surface area (Å²) in [6.07, 6.45) is 7.31. The van der Waals surface area contributed by atoms with Crippen LogP contribution in [0, 0.1) is 0 Å². The highest BCUT2D eigenvalue weighted by Gasteiger charge is 2.16. The van der Waals surface area contributed by atoms with Gasteiger partial charge >= 0.3 is 12.1 Å². The van der Waals surface area contributed by atoms with Gasteiger partial charge in [-0.25, -0.2) is 4.79 Å². The molecule has 0 aliphatic carbocycles. The summed E-state index contributed by atoms with van der Waals surface area (Å²) in [5.41, 5.74) is 0. The first-order valence-electron chi connectivity index (χ1n) is 9.00. The van der Waals surface area contributed by atoms with Crippen LogP contribution >= 0.6 is 0 Å². The van der Waals surface area contributed by atoms with Crippen molar-refractivity contribution in [2.75, 3.05) is 26.2 Å². The molecule has 1 rings (SSSR count). The van der Waals surface area contributed by atoms with E-state index in [-0.39, 0.29) is 12.5 Å². The van der Waals surface area contributed by atoms with E-state index in [1.165, 1.54) is 12.8 Å². The van der Waals surface area contributed by atoms with Crippen molar-refractivity contribution in [2.24, 2.45) is 0 Å². The van der Waals surface area contributed by atoms with E-state index in [1.807, 2.05) is 0 Å². The predicted octanol–water partition coefficient (Wildman–Crippen LogP) is 3.01. The van der Waals surface area contributed by atoms with E-state index in [4.69, 9.17) is 9.84 Å². The van der Waals surface area contributed by atoms with Crippen molar-refractivity contribution in [3.05, 3.63) is 0 Å². The number of carbonyl (C=O) groups excluding carboxylic acids is 1. The van der Waals surface area contributed by atoms with Gasteiger partial charge < -0.3 is 20.1 Å². The number of nitrogens with one attached hydrogen (secondary N) is 1. The van der Waals surface area contributed by atoms with E-state index in [9.17, 15) is 9.59 Å². The largest absolute Gasteiger partial charge is 0.481 e. The number of likely N-dealkylation sites (tertiary alicyclic amines) is 1. The van der Waals surface area contributed by atoms with Crippen LogP contribution in [0.5, 0.6) is 0 Å². The van der Waals surface area contributed by atoms with Crippen LogP contribution in [-0.4, -0.2) is 54.4 Å². The number of amides is 1. The first-order chi connectivity index (χ1) is 11.1. The van der Waals surface area contributed by atoms with E-state index < -0.39 is 12.1 Å². The molecular formula is C17H32N2O4. The molecule has 1 heterocycles. The van der Waals surface area contributed by atoms with Gasteiger partial charge in [-0.15, -0.1) is 0 Å². The third-order valence-electron chi connectivity index (χ3n) is 4.23. The molecule has 0 aromatic carbocycles. The fourth-order valence-electron chi connectivity index (χ4n) is 2.86. The zero-order valence-corrected chi connectivity index (χ0v) is 14.4. The molecule has 0 unspecified atom stereocenters. The number of rotatable bonds is 12. The van der Waals surface area contributed by atoms with Crippen LogP contribution < -0.4 is 5.32 Å². The molecule has 0 aromatic rings. The summed E-state index contributed by atoms with van der Waals surface area (Å²) in [6.45, 7) is 5.79. The second-order valence-corrected chi connectivity index (χ2v) is 6.28. The standard InChI is InChI=1S/C17H32N2O4/c1-2-3-4-5-8-15(9-10-16(20)21)23-17(22)18-11-14-19-12-6-7-13-19/h15H,2-14H2,1H3,(H,18,22)(H,20,21)/t15-/m0/s1. The van der Waals surface area contributed by atoms with Crippen molar-refractivity contribution in [3.8, 4) is 0 Å². The Labute approximate surface area is 139 Å². The SMILES string of the molecule is CCCCCC[C@@H](CCC(=O)O)OC(=O)NCCN1CCCC1. The molecule has 0 spiro atoms. The van der Waals surface area contributed by atoms with Gasteiger partial charge in [0.1, 0.15) is 6.10 Å². The van der Waals surface area contributed by atoms with E-state index in [0.29, 0.717) is 13.0 Å². The number of unbranched alkanes of at least 4 members (excludes halogenated alkanes) is 3. The molecule has 0 bridgehead atoms. The average molecular weight is 328 g/mol. The predicted molar refractivity (Wildman–Crippen MR) is 89.6 cm³/mol. The van der Waals surface area contributed by atoms with Gasteiger partial charge in [-0.05, 0) is 45.2 Å². The molecule has 6 heteroatoms. The first-order valence-corrected chi connectivity index (χ1v) is 9.00. The zero-order valence-electron chi connectivity index (χ0n) is 14.4. The summed E-state index contributed by atoms with van der Waals surface area (Å²) in [5.74, 6) is -0.846. The van der Waals surface area contributed by atoms with Gasteiger partial charge in [-0.2, -0.15) is 0 Å². The Bertz CT molecular complexity index is 343. The van der Waals surface area contributed by atoms with Crippen molar-refractivity contribution >= 4 is 12.1 Å². The molecule has 6 nitrogen and oxygen atoms in total. The summed E-state index contributed by atoms with van der Waals surface area (Å²) in [7, 11) is 0. The normalized spacial score (nSPS) is 16.2. The number of hydrogen-bond acceptors (Lipinski definition) is 4. The van der Waals surface area contributed by atoms with Crippen LogP contribution in [0.1, 0.15) is 64.7 Å². The Balaban J connectivity index is 2.22.